The first-order valence-electron chi connectivity index (χ1n) is 4.39. The van der Waals surface area contributed by atoms with Gasteiger partial charge < -0.3 is 13.9 Å². The van der Waals surface area contributed by atoms with Crippen molar-refractivity contribution in [3.8, 4) is 22.8 Å². The molecule has 0 amide bonds. The van der Waals surface area contributed by atoms with Crippen LogP contribution in [-0.4, -0.2) is 19.2 Å². The second kappa shape index (κ2) is 4.04. The van der Waals surface area contributed by atoms with Crippen LogP contribution in [0.1, 0.15) is 0 Å². The average Bonchev–Trinajstić information content (AvgIpc) is 2.81. The van der Waals surface area contributed by atoms with Gasteiger partial charge in [-0.15, -0.1) is 0 Å². The van der Waals surface area contributed by atoms with Crippen molar-refractivity contribution >= 4 is 0 Å². The van der Waals surface area contributed by atoms with Crippen LogP contribution in [0.3, 0.4) is 0 Å². The summed E-state index contributed by atoms with van der Waals surface area (Å²) in [4.78, 5) is 3.94. The van der Waals surface area contributed by atoms with E-state index in [1.807, 2.05) is 18.2 Å². The summed E-state index contributed by atoms with van der Waals surface area (Å²) in [5, 5.41) is 0. The smallest absolute Gasteiger partial charge is 0.284 e. The quantitative estimate of drug-likeness (QED) is 0.768. The number of hydrogen-bond donors (Lipinski definition) is 0. The second-order valence-electron chi connectivity index (χ2n) is 2.87. The van der Waals surface area contributed by atoms with Crippen LogP contribution in [0.5, 0.6) is 11.5 Å². The zero-order valence-corrected chi connectivity index (χ0v) is 8.48. The molecular formula is C11H10NO3. The third kappa shape index (κ3) is 1.66. The van der Waals surface area contributed by atoms with Gasteiger partial charge in [0.2, 0.25) is 0 Å². The Kier molecular flexibility index (Phi) is 2.58. The van der Waals surface area contributed by atoms with E-state index in [1.165, 1.54) is 6.26 Å². The first-order valence-corrected chi connectivity index (χ1v) is 4.39. The predicted octanol–water partition coefficient (Wildman–Crippen LogP) is 2.16. The lowest BCUT2D eigenvalue weighted by molar-refractivity contribution is 0.356. The lowest BCUT2D eigenvalue weighted by Gasteiger charge is -2.10. The van der Waals surface area contributed by atoms with Gasteiger partial charge in [0.05, 0.1) is 14.2 Å². The van der Waals surface area contributed by atoms with E-state index in [9.17, 15) is 0 Å². The van der Waals surface area contributed by atoms with E-state index >= 15 is 0 Å². The number of ether oxygens (including phenoxy) is 2. The molecule has 0 aliphatic heterocycles. The van der Waals surface area contributed by atoms with Crippen LogP contribution in [0.2, 0.25) is 0 Å². The van der Waals surface area contributed by atoms with Gasteiger partial charge in [-0.05, 0) is 12.1 Å². The Morgan fingerprint density at radius 2 is 2.13 bits per heavy atom. The molecule has 1 aromatic carbocycles. The van der Waals surface area contributed by atoms with Gasteiger partial charge in [-0.1, -0.05) is 6.07 Å². The van der Waals surface area contributed by atoms with Crippen molar-refractivity contribution in [2.24, 2.45) is 0 Å². The number of rotatable bonds is 3. The van der Waals surface area contributed by atoms with Crippen LogP contribution in [0.4, 0.5) is 0 Å². The fraction of sp³-hybridized carbons (Fsp3) is 0.182. The molecule has 2 aromatic rings. The Morgan fingerprint density at radius 3 is 2.73 bits per heavy atom. The molecule has 0 aliphatic carbocycles. The van der Waals surface area contributed by atoms with E-state index in [-0.39, 0.29) is 0 Å². The van der Waals surface area contributed by atoms with E-state index in [2.05, 4.69) is 11.4 Å². The van der Waals surface area contributed by atoms with Gasteiger partial charge in [0.15, 0.2) is 11.5 Å². The normalized spacial score (nSPS) is 10.0. The summed E-state index contributed by atoms with van der Waals surface area (Å²) < 4.78 is 15.3. The largest absolute Gasteiger partial charge is 0.493 e. The Morgan fingerprint density at radius 1 is 1.27 bits per heavy atom. The monoisotopic (exact) mass is 204 g/mol. The Balaban J connectivity index is 2.56. The highest BCUT2D eigenvalue weighted by atomic mass is 16.5. The van der Waals surface area contributed by atoms with Gasteiger partial charge >= 0.3 is 0 Å². The maximum Gasteiger partial charge on any atom is 0.284 e. The molecule has 0 unspecified atom stereocenters. The molecule has 0 atom stereocenters. The summed E-state index contributed by atoms with van der Waals surface area (Å²) in [6, 6.07) is 5.57. The summed E-state index contributed by atoms with van der Waals surface area (Å²) in [5.74, 6) is 1.31. The Bertz CT molecular complexity index is 437. The Labute approximate surface area is 87.5 Å². The number of methoxy groups -OCH3 is 2. The number of hydrogen-bond acceptors (Lipinski definition) is 4. The van der Waals surface area contributed by atoms with E-state index in [0.717, 1.165) is 5.56 Å². The van der Waals surface area contributed by atoms with Crippen LogP contribution < -0.4 is 9.47 Å². The number of benzene rings is 1. The van der Waals surface area contributed by atoms with Crippen LogP contribution in [0.25, 0.3) is 11.3 Å². The zero-order chi connectivity index (χ0) is 10.7. The summed E-state index contributed by atoms with van der Waals surface area (Å²) in [5.41, 5.74) is 1.49. The average molecular weight is 204 g/mol. The van der Waals surface area contributed by atoms with E-state index in [0.29, 0.717) is 17.2 Å². The van der Waals surface area contributed by atoms with E-state index < -0.39 is 0 Å². The molecule has 0 fully saturated rings. The van der Waals surface area contributed by atoms with Crippen LogP contribution in [-0.2, 0) is 0 Å². The number of aromatic nitrogens is 1. The number of nitrogens with zero attached hydrogens (tertiary/aromatic N) is 1. The second-order valence-corrected chi connectivity index (χ2v) is 2.87. The molecular weight excluding hydrogens is 194 g/mol. The van der Waals surface area contributed by atoms with Gasteiger partial charge in [0.25, 0.3) is 6.39 Å². The van der Waals surface area contributed by atoms with Crippen molar-refractivity contribution < 1.29 is 13.9 Å². The van der Waals surface area contributed by atoms with E-state index in [1.54, 1.807) is 14.2 Å². The topological polar surface area (TPSA) is 44.5 Å². The summed E-state index contributed by atoms with van der Waals surface area (Å²) in [6.45, 7) is 0. The van der Waals surface area contributed by atoms with Crippen LogP contribution >= 0.6 is 0 Å². The highest BCUT2D eigenvalue weighted by Gasteiger charge is 2.12. The molecule has 1 radical (unpaired) electrons. The molecule has 0 bridgehead atoms. The fourth-order valence-corrected chi connectivity index (χ4v) is 1.40. The molecule has 0 saturated carbocycles. The van der Waals surface area contributed by atoms with Crippen LogP contribution in [0, 0.1) is 6.39 Å². The molecule has 1 aromatic heterocycles. The summed E-state index contributed by atoms with van der Waals surface area (Å²) in [6.07, 6.45) is 3.91. The minimum absolute atomic E-state index is 0.641. The molecule has 15 heavy (non-hydrogen) atoms. The van der Waals surface area contributed by atoms with Gasteiger partial charge in [0.1, 0.15) is 12.0 Å². The molecule has 0 aliphatic rings. The van der Waals surface area contributed by atoms with Crippen molar-refractivity contribution in [3.05, 3.63) is 30.9 Å². The number of oxazole rings is 1. The van der Waals surface area contributed by atoms with Gasteiger partial charge in [-0.3, -0.25) is 0 Å². The lowest BCUT2D eigenvalue weighted by atomic mass is 10.1. The van der Waals surface area contributed by atoms with Crippen molar-refractivity contribution in [3.63, 3.8) is 0 Å². The van der Waals surface area contributed by atoms with Crippen molar-refractivity contribution in [1.29, 1.82) is 0 Å². The fourth-order valence-electron chi connectivity index (χ4n) is 1.40. The van der Waals surface area contributed by atoms with Crippen molar-refractivity contribution in [1.82, 2.24) is 4.98 Å². The molecule has 0 spiro atoms. The highest BCUT2D eigenvalue weighted by Crippen LogP contribution is 2.36. The zero-order valence-electron chi connectivity index (χ0n) is 8.48. The first kappa shape index (κ1) is 9.58. The SMILES string of the molecule is COc1cccc(-c2co[c]n2)c1OC. The van der Waals surface area contributed by atoms with Gasteiger partial charge in [0, 0.05) is 5.56 Å². The highest BCUT2D eigenvalue weighted by molar-refractivity contribution is 5.70. The van der Waals surface area contributed by atoms with Crippen LogP contribution in [0.15, 0.2) is 28.9 Å². The van der Waals surface area contributed by atoms with Gasteiger partial charge in [-0.25, -0.2) is 4.98 Å². The molecule has 1 heterocycles. The minimum atomic E-state index is 0.641. The summed E-state index contributed by atoms with van der Waals surface area (Å²) >= 11 is 0. The molecule has 4 heteroatoms. The molecule has 0 N–H and O–H groups in total. The standard InChI is InChI=1S/C11H10NO3/c1-13-10-5-3-4-8(11(10)14-2)9-6-15-7-12-9/h3-6H,1-2H3. The first-order chi connectivity index (χ1) is 7.36. The molecule has 2 rings (SSSR count). The number of para-hydroxylation sites is 1. The predicted molar refractivity (Wildman–Crippen MR) is 53.9 cm³/mol. The van der Waals surface area contributed by atoms with E-state index in [4.69, 9.17) is 13.9 Å². The third-order valence-corrected chi connectivity index (χ3v) is 2.07. The van der Waals surface area contributed by atoms with Crippen molar-refractivity contribution in [2.75, 3.05) is 14.2 Å². The third-order valence-electron chi connectivity index (χ3n) is 2.07. The minimum Gasteiger partial charge on any atom is -0.493 e. The van der Waals surface area contributed by atoms with Crippen molar-refractivity contribution in [2.45, 2.75) is 0 Å². The molecule has 0 saturated heterocycles. The maximum atomic E-state index is 5.27. The Hall–Kier alpha value is -1.97. The lowest BCUT2D eigenvalue weighted by Crippen LogP contribution is -1.92. The summed E-state index contributed by atoms with van der Waals surface area (Å²) in [7, 11) is 3.18. The molecule has 77 valence electrons. The van der Waals surface area contributed by atoms with Gasteiger partial charge in [-0.2, -0.15) is 0 Å². The maximum absolute atomic E-state index is 5.27. The molecule has 4 nitrogen and oxygen atoms in total.